The van der Waals surface area contributed by atoms with E-state index >= 15 is 0 Å². The maximum atomic E-state index is 12.9. The molecule has 1 aliphatic rings. The van der Waals surface area contributed by atoms with E-state index in [1.54, 1.807) is 0 Å². The van der Waals surface area contributed by atoms with Gasteiger partial charge in [-0.2, -0.15) is 0 Å². The summed E-state index contributed by atoms with van der Waals surface area (Å²) >= 11 is 0. The van der Waals surface area contributed by atoms with Crippen molar-refractivity contribution in [3.05, 3.63) is 53.6 Å². The molecule has 150 valence electrons. The van der Waals surface area contributed by atoms with Crippen molar-refractivity contribution >= 4 is 23.1 Å². The molecule has 0 unspecified atom stereocenters. The van der Waals surface area contributed by atoms with E-state index in [1.807, 2.05) is 24.3 Å². The number of hydrogen-bond donors (Lipinski definition) is 2. The predicted octanol–water partition coefficient (Wildman–Crippen LogP) is 5.41. The van der Waals surface area contributed by atoms with E-state index in [0.29, 0.717) is 25.0 Å². The number of para-hydroxylation sites is 3. The Labute approximate surface area is 168 Å². The van der Waals surface area contributed by atoms with Gasteiger partial charge in [-0.1, -0.05) is 58.0 Å². The summed E-state index contributed by atoms with van der Waals surface area (Å²) in [6.07, 6.45) is 0. The zero-order chi connectivity index (χ0) is 20.1. The molecule has 5 heteroatoms. The van der Waals surface area contributed by atoms with Gasteiger partial charge < -0.3 is 20.3 Å². The number of morpholine rings is 1. The molecule has 0 saturated carbocycles. The Hall–Kier alpha value is -2.53. The van der Waals surface area contributed by atoms with E-state index in [2.05, 4.69) is 61.4 Å². The fourth-order valence-electron chi connectivity index (χ4n) is 3.62. The van der Waals surface area contributed by atoms with Gasteiger partial charge in [-0.3, -0.25) is 0 Å². The van der Waals surface area contributed by atoms with Gasteiger partial charge in [0.1, 0.15) is 0 Å². The molecule has 0 radical (unpaired) electrons. The van der Waals surface area contributed by atoms with Crippen LogP contribution in [0.5, 0.6) is 0 Å². The van der Waals surface area contributed by atoms with Crippen molar-refractivity contribution in [1.29, 1.82) is 0 Å². The fourth-order valence-corrected chi connectivity index (χ4v) is 3.62. The van der Waals surface area contributed by atoms with Gasteiger partial charge in [0.2, 0.25) is 0 Å². The molecule has 0 atom stereocenters. The Balaban J connectivity index is 1.82. The quantitative estimate of drug-likeness (QED) is 0.728. The van der Waals surface area contributed by atoms with Gasteiger partial charge in [0.25, 0.3) is 0 Å². The standard InChI is InChI=1S/C23H31N3O2/c1-16(2)18-8-7-9-19(17(3)4)22(18)25-23(27)24-20-10-5-6-11-21(20)26-12-14-28-15-13-26/h5-11,16-17H,12-15H2,1-4H3,(H2,24,25,27). The number of hydrogen-bond acceptors (Lipinski definition) is 3. The Bertz CT molecular complexity index is 785. The second-order valence-electron chi connectivity index (χ2n) is 7.82. The molecule has 0 aromatic heterocycles. The first kappa shape index (κ1) is 20.2. The van der Waals surface area contributed by atoms with Gasteiger partial charge >= 0.3 is 6.03 Å². The van der Waals surface area contributed by atoms with Gasteiger partial charge in [0, 0.05) is 18.8 Å². The van der Waals surface area contributed by atoms with Gasteiger partial charge in [-0.25, -0.2) is 4.79 Å². The molecule has 1 heterocycles. The van der Waals surface area contributed by atoms with Crippen molar-refractivity contribution < 1.29 is 9.53 Å². The second-order valence-corrected chi connectivity index (χ2v) is 7.82. The van der Waals surface area contributed by atoms with Crippen molar-refractivity contribution in [2.75, 3.05) is 41.8 Å². The lowest BCUT2D eigenvalue weighted by Crippen LogP contribution is -2.37. The molecule has 28 heavy (non-hydrogen) atoms. The number of nitrogens with zero attached hydrogens (tertiary/aromatic N) is 1. The van der Waals surface area contributed by atoms with Crippen LogP contribution in [-0.2, 0) is 4.74 Å². The molecule has 1 saturated heterocycles. The minimum atomic E-state index is -0.212. The van der Waals surface area contributed by atoms with Crippen LogP contribution in [0.15, 0.2) is 42.5 Å². The summed E-state index contributed by atoms with van der Waals surface area (Å²) in [5, 5.41) is 6.18. The number of rotatable bonds is 5. The zero-order valence-corrected chi connectivity index (χ0v) is 17.3. The minimum Gasteiger partial charge on any atom is -0.378 e. The van der Waals surface area contributed by atoms with Crippen molar-refractivity contribution in [2.45, 2.75) is 39.5 Å². The number of carbonyl (C=O) groups excluding carboxylic acids is 1. The first-order valence-corrected chi connectivity index (χ1v) is 10.1. The smallest absolute Gasteiger partial charge is 0.323 e. The van der Waals surface area contributed by atoms with E-state index in [4.69, 9.17) is 4.74 Å². The zero-order valence-electron chi connectivity index (χ0n) is 17.3. The van der Waals surface area contributed by atoms with E-state index in [9.17, 15) is 4.79 Å². The summed E-state index contributed by atoms with van der Waals surface area (Å²) in [7, 11) is 0. The van der Waals surface area contributed by atoms with Crippen LogP contribution >= 0.6 is 0 Å². The molecule has 0 spiro atoms. The first-order valence-electron chi connectivity index (χ1n) is 10.1. The number of carbonyl (C=O) groups is 1. The molecule has 5 nitrogen and oxygen atoms in total. The SMILES string of the molecule is CC(C)c1cccc(C(C)C)c1NC(=O)Nc1ccccc1N1CCOCC1. The van der Waals surface area contributed by atoms with Crippen molar-refractivity contribution in [3.63, 3.8) is 0 Å². The molecule has 2 N–H and O–H groups in total. The maximum Gasteiger partial charge on any atom is 0.323 e. The average molecular weight is 382 g/mol. The van der Waals surface area contributed by atoms with Crippen LogP contribution in [-0.4, -0.2) is 32.3 Å². The maximum absolute atomic E-state index is 12.9. The summed E-state index contributed by atoms with van der Waals surface area (Å²) in [5.41, 5.74) is 5.08. The Morgan fingerprint density at radius 1 is 0.893 bits per heavy atom. The average Bonchev–Trinajstić information content (AvgIpc) is 2.68. The summed E-state index contributed by atoms with van der Waals surface area (Å²) < 4.78 is 5.45. The lowest BCUT2D eigenvalue weighted by molar-refractivity contribution is 0.123. The molecule has 0 aliphatic carbocycles. The normalized spacial score (nSPS) is 14.4. The second kappa shape index (κ2) is 9.11. The van der Waals surface area contributed by atoms with Crippen LogP contribution in [0.4, 0.5) is 21.9 Å². The third-order valence-corrected chi connectivity index (χ3v) is 5.12. The van der Waals surface area contributed by atoms with E-state index in [0.717, 1.165) is 41.3 Å². The minimum absolute atomic E-state index is 0.212. The number of anilines is 3. The van der Waals surface area contributed by atoms with Crippen LogP contribution in [0.1, 0.15) is 50.7 Å². The third-order valence-electron chi connectivity index (χ3n) is 5.12. The van der Waals surface area contributed by atoms with Crippen LogP contribution < -0.4 is 15.5 Å². The highest BCUT2D eigenvalue weighted by molar-refractivity contribution is 6.02. The number of benzene rings is 2. The van der Waals surface area contributed by atoms with E-state index in [1.165, 1.54) is 0 Å². The lowest BCUT2D eigenvalue weighted by atomic mass is 9.93. The highest BCUT2D eigenvalue weighted by Gasteiger charge is 2.18. The first-order chi connectivity index (χ1) is 13.5. The Morgan fingerprint density at radius 2 is 1.50 bits per heavy atom. The molecular formula is C23H31N3O2. The van der Waals surface area contributed by atoms with Crippen LogP contribution in [0, 0.1) is 0 Å². The molecule has 2 amide bonds. The van der Waals surface area contributed by atoms with Crippen LogP contribution in [0.25, 0.3) is 0 Å². The summed E-state index contributed by atoms with van der Waals surface area (Å²) in [5.74, 6) is 0.657. The predicted molar refractivity (Wildman–Crippen MR) is 117 cm³/mol. The van der Waals surface area contributed by atoms with E-state index < -0.39 is 0 Å². The van der Waals surface area contributed by atoms with Crippen molar-refractivity contribution in [3.8, 4) is 0 Å². The van der Waals surface area contributed by atoms with Crippen LogP contribution in [0.2, 0.25) is 0 Å². The Kier molecular flexibility index (Phi) is 6.57. The topological polar surface area (TPSA) is 53.6 Å². The van der Waals surface area contributed by atoms with E-state index in [-0.39, 0.29) is 6.03 Å². The number of ether oxygens (including phenoxy) is 1. The number of amides is 2. The largest absolute Gasteiger partial charge is 0.378 e. The third kappa shape index (κ3) is 4.65. The summed E-state index contributed by atoms with van der Waals surface area (Å²) in [6, 6.07) is 14.0. The van der Waals surface area contributed by atoms with Gasteiger partial charge in [-0.15, -0.1) is 0 Å². The molecule has 2 aromatic carbocycles. The molecule has 3 rings (SSSR count). The van der Waals surface area contributed by atoms with Crippen LogP contribution in [0.3, 0.4) is 0 Å². The summed E-state index contributed by atoms with van der Waals surface area (Å²) in [6.45, 7) is 11.7. The number of nitrogens with one attached hydrogen (secondary N) is 2. The Morgan fingerprint density at radius 3 is 2.11 bits per heavy atom. The summed E-state index contributed by atoms with van der Waals surface area (Å²) in [4.78, 5) is 15.2. The molecule has 0 bridgehead atoms. The molecular weight excluding hydrogens is 350 g/mol. The lowest BCUT2D eigenvalue weighted by Gasteiger charge is -2.30. The highest BCUT2D eigenvalue weighted by Crippen LogP contribution is 2.33. The van der Waals surface area contributed by atoms with Gasteiger partial charge in [-0.05, 0) is 35.1 Å². The molecule has 2 aromatic rings. The van der Waals surface area contributed by atoms with Crippen molar-refractivity contribution in [1.82, 2.24) is 0 Å². The molecule has 1 fully saturated rings. The van der Waals surface area contributed by atoms with Gasteiger partial charge in [0.05, 0.1) is 24.6 Å². The van der Waals surface area contributed by atoms with Crippen molar-refractivity contribution in [2.24, 2.45) is 0 Å². The highest BCUT2D eigenvalue weighted by atomic mass is 16.5. The number of urea groups is 1. The monoisotopic (exact) mass is 381 g/mol. The van der Waals surface area contributed by atoms with Gasteiger partial charge in [0.15, 0.2) is 0 Å². The molecule has 1 aliphatic heterocycles. The fraction of sp³-hybridized carbons (Fsp3) is 0.435.